The molecule has 3 heterocycles. The monoisotopic (exact) mass is 247 g/mol. The van der Waals surface area contributed by atoms with Crippen LogP contribution >= 0.6 is 0 Å². The largest absolute Gasteiger partial charge is 0.380 e. The second-order valence-corrected chi connectivity index (χ2v) is 5.20. The van der Waals surface area contributed by atoms with E-state index in [1.807, 2.05) is 13.3 Å². The molecule has 1 fully saturated rings. The van der Waals surface area contributed by atoms with E-state index in [0.29, 0.717) is 6.10 Å². The molecular weight excluding hydrogens is 226 g/mol. The Morgan fingerprint density at radius 2 is 2.50 bits per heavy atom. The molecule has 0 aromatic carbocycles. The van der Waals surface area contributed by atoms with E-state index in [4.69, 9.17) is 4.74 Å². The van der Waals surface area contributed by atoms with E-state index in [2.05, 4.69) is 21.3 Å². The summed E-state index contributed by atoms with van der Waals surface area (Å²) in [7, 11) is 1.81. The van der Waals surface area contributed by atoms with Gasteiger partial charge < -0.3 is 10.1 Å². The number of fused-ring (bicyclic) bond motifs is 1. The highest BCUT2D eigenvalue weighted by Gasteiger charge is 2.23. The van der Waals surface area contributed by atoms with Crippen molar-refractivity contribution in [2.75, 3.05) is 26.7 Å². The third-order valence-corrected chi connectivity index (χ3v) is 4.05. The number of hydrogen-bond acceptors (Lipinski definition) is 4. The Bertz CT molecular complexity index is 422. The number of nitrogens with zero attached hydrogens (tertiary/aromatic N) is 2. The van der Waals surface area contributed by atoms with Crippen LogP contribution in [-0.4, -0.2) is 42.7 Å². The molecule has 1 saturated heterocycles. The van der Waals surface area contributed by atoms with Gasteiger partial charge in [0.15, 0.2) is 0 Å². The second kappa shape index (κ2) is 5.34. The van der Waals surface area contributed by atoms with Crippen LogP contribution in [0.15, 0.2) is 12.3 Å². The zero-order chi connectivity index (χ0) is 12.4. The third-order valence-electron chi connectivity index (χ3n) is 4.05. The van der Waals surface area contributed by atoms with Crippen molar-refractivity contribution in [3.63, 3.8) is 0 Å². The number of nitrogens with one attached hydrogen (secondary N) is 1. The van der Waals surface area contributed by atoms with Crippen molar-refractivity contribution in [2.45, 2.75) is 32.0 Å². The van der Waals surface area contributed by atoms with Crippen LogP contribution in [0.4, 0.5) is 0 Å². The maximum absolute atomic E-state index is 5.42. The van der Waals surface area contributed by atoms with E-state index >= 15 is 0 Å². The van der Waals surface area contributed by atoms with Gasteiger partial charge in [0.25, 0.3) is 0 Å². The van der Waals surface area contributed by atoms with Crippen molar-refractivity contribution in [2.24, 2.45) is 0 Å². The number of methoxy groups -OCH3 is 1. The first-order valence-electron chi connectivity index (χ1n) is 6.78. The van der Waals surface area contributed by atoms with E-state index in [9.17, 15) is 0 Å². The molecule has 0 radical (unpaired) electrons. The summed E-state index contributed by atoms with van der Waals surface area (Å²) in [5, 5.41) is 3.42. The Morgan fingerprint density at radius 1 is 1.56 bits per heavy atom. The number of hydrogen-bond donors (Lipinski definition) is 1. The first-order valence-corrected chi connectivity index (χ1v) is 6.78. The molecule has 0 spiro atoms. The van der Waals surface area contributed by atoms with Crippen LogP contribution in [-0.2, 0) is 24.2 Å². The summed E-state index contributed by atoms with van der Waals surface area (Å²) in [6, 6.07) is 2.15. The summed E-state index contributed by atoms with van der Waals surface area (Å²) < 4.78 is 5.42. The standard InChI is InChI=1S/C14H21N3O/c1-18-12-4-7-17(9-12)10-14-13-3-5-15-8-11(13)2-6-16-14/h2,6,12,15H,3-5,7-10H2,1H3/t12-/m0/s1. The first kappa shape index (κ1) is 12.1. The fourth-order valence-corrected chi connectivity index (χ4v) is 2.97. The molecule has 98 valence electrons. The third kappa shape index (κ3) is 2.41. The molecule has 1 atom stereocenters. The van der Waals surface area contributed by atoms with E-state index in [0.717, 1.165) is 45.6 Å². The van der Waals surface area contributed by atoms with Gasteiger partial charge >= 0.3 is 0 Å². The van der Waals surface area contributed by atoms with Crippen molar-refractivity contribution in [3.8, 4) is 0 Å². The molecule has 0 amide bonds. The molecule has 0 saturated carbocycles. The van der Waals surface area contributed by atoms with Crippen LogP contribution in [0.25, 0.3) is 0 Å². The van der Waals surface area contributed by atoms with Crippen molar-refractivity contribution in [1.29, 1.82) is 0 Å². The number of likely N-dealkylation sites (tertiary alicyclic amines) is 1. The van der Waals surface area contributed by atoms with Gasteiger partial charge in [-0.05, 0) is 36.6 Å². The Labute approximate surface area is 108 Å². The Morgan fingerprint density at radius 3 is 3.33 bits per heavy atom. The van der Waals surface area contributed by atoms with Gasteiger partial charge in [-0.3, -0.25) is 9.88 Å². The van der Waals surface area contributed by atoms with Crippen molar-refractivity contribution >= 4 is 0 Å². The Hall–Kier alpha value is -0.970. The van der Waals surface area contributed by atoms with Crippen LogP contribution < -0.4 is 5.32 Å². The summed E-state index contributed by atoms with van der Waals surface area (Å²) in [5.41, 5.74) is 4.16. The maximum atomic E-state index is 5.42. The molecule has 2 aliphatic rings. The average Bonchev–Trinajstić information content (AvgIpc) is 2.87. The summed E-state index contributed by atoms with van der Waals surface area (Å²) in [6.07, 6.45) is 4.62. The highest BCUT2D eigenvalue weighted by Crippen LogP contribution is 2.20. The lowest BCUT2D eigenvalue weighted by molar-refractivity contribution is 0.107. The molecular formula is C14H21N3O. The fourth-order valence-electron chi connectivity index (χ4n) is 2.97. The van der Waals surface area contributed by atoms with E-state index in [1.165, 1.54) is 16.8 Å². The normalized spacial score (nSPS) is 24.2. The predicted molar refractivity (Wildman–Crippen MR) is 70.3 cm³/mol. The van der Waals surface area contributed by atoms with Gasteiger partial charge in [-0.1, -0.05) is 0 Å². The summed E-state index contributed by atoms with van der Waals surface area (Å²) >= 11 is 0. The van der Waals surface area contributed by atoms with Gasteiger partial charge in [-0.15, -0.1) is 0 Å². The van der Waals surface area contributed by atoms with E-state index < -0.39 is 0 Å². The van der Waals surface area contributed by atoms with Gasteiger partial charge in [0.1, 0.15) is 0 Å². The van der Waals surface area contributed by atoms with Gasteiger partial charge in [0, 0.05) is 39.5 Å². The molecule has 1 N–H and O–H groups in total. The van der Waals surface area contributed by atoms with E-state index in [1.54, 1.807) is 0 Å². The van der Waals surface area contributed by atoms with Crippen LogP contribution in [0.1, 0.15) is 23.2 Å². The lowest BCUT2D eigenvalue weighted by Gasteiger charge is -2.22. The molecule has 4 heteroatoms. The molecule has 0 aliphatic carbocycles. The summed E-state index contributed by atoms with van der Waals surface area (Å²) in [6.45, 7) is 5.21. The number of ether oxygens (including phenoxy) is 1. The fraction of sp³-hybridized carbons (Fsp3) is 0.643. The lowest BCUT2D eigenvalue weighted by atomic mass is 10.00. The zero-order valence-electron chi connectivity index (χ0n) is 11.0. The Kier molecular flexibility index (Phi) is 3.59. The molecule has 18 heavy (non-hydrogen) atoms. The zero-order valence-corrected chi connectivity index (χ0v) is 11.0. The van der Waals surface area contributed by atoms with Crippen LogP contribution in [0.3, 0.4) is 0 Å². The van der Waals surface area contributed by atoms with Crippen molar-refractivity contribution in [3.05, 3.63) is 29.1 Å². The number of rotatable bonds is 3. The summed E-state index contributed by atoms with van der Waals surface area (Å²) in [4.78, 5) is 7.05. The molecule has 1 aromatic heterocycles. The predicted octanol–water partition coefficient (Wildman–Crippen LogP) is 0.948. The highest BCUT2D eigenvalue weighted by atomic mass is 16.5. The summed E-state index contributed by atoms with van der Waals surface area (Å²) in [5.74, 6) is 0. The molecule has 1 aromatic rings. The molecule has 3 rings (SSSR count). The quantitative estimate of drug-likeness (QED) is 0.863. The Balaban J connectivity index is 1.73. The van der Waals surface area contributed by atoms with Crippen LogP contribution in [0.2, 0.25) is 0 Å². The van der Waals surface area contributed by atoms with Gasteiger partial charge in [0.05, 0.1) is 11.8 Å². The molecule has 4 nitrogen and oxygen atoms in total. The highest BCUT2D eigenvalue weighted by molar-refractivity contribution is 5.32. The van der Waals surface area contributed by atoms with Crippen molar-refractivity contribution in [1.82, 2.24) is 15.2 Å². The van der Waals surface area contributed by atoms with Gasteiger partial charge in [0.2, 0.25) is 0 Å². The first-order chi connectivity index (χ1) is 8.86. The van der Waals surface area contributed by atoms with E-state index in [-0.39, 0.29) is 0 Å². The van der Waals surface area contributed by atoms with Crippen molar-refractivity contribution < 1.29 is 4.74 Å². The molecule has 2 aliphatic heterocycles. The van der Waals surface area contributed by atoms with Crippen LogP contribution in [0.5, 0.6) is 0 Å². The maximum Gasteiger partial charge on any atom is 0.0710 e. The average molecular weight is 247 g/mol. The minimum Gasteiger partial charge on any atom is -0.380 e. The second-order valence-electron chi connectivity index (χ2n) is 5.20. The van der Waals surface area contributed by atoms with Gasteiger partial charge in [-0.2, -0.15) is 0 Å². The number of pyridine rings is 1. The minimum absolute atomic E-state index is 0.409. The SMILES string of the molecule is CO[C@H]1CCN(Cc2nccc3c2CCNC3)C1. The number of aromatic nitrogens is 1. The molecule has 0 unspecified atom stereocenters. The smallest absolute Gasteiger partial charge is 0.0710 e. The van der Waals surface area contributed by atoms with Gasteiger partial charge in [-0.25, -0.2) is 0 Å². The minimum atomic E-state index is 0.409. The van der Waals surface area contributed by atoms with Crippen LogP contribution in [0, 0.1) is 0 Å². The topological polar surface area (TPSA) is 37.4 Å². The molecule has 0 bridgehead atoms. The lowest BCUT2D eigenvalue weighted by Crippen LogP contribution is -2.28.